The van der Waals surface area contributed by atoms with Crippen molar-refractivity contribution < 1.29 is 0 Å². The molecule has 0 saturated heterocycles. The van der Waals surface area contributed by atoms with Crippen molar-refractivity contribution in [2.45, 2.75) is 19.4 Å². The first kappa shape index (κ1) is 9.86. The van der Waals surface area contributed by atoms with Crippen molar-refractivity contribution in [1.29, 1.82) is 0 Å². The molecule has 0 amide bonds. The van der Waals surface area contributed by atoms with Gasteiger partial charge in [-0.15, -0.1) is 0 Å². The van der Waals surface area contributed by atoms with Crippen LogP contribution in [-0.4, -0.2) is 15.2 Å². The van der Waals surface area contributed by atoms with Crippen LogP contribution in [0.2, 0.25) is 0 Å². The van der Waals surface area contributed by atoms with Crippen LogP contribution in [-0.2, 0) is 6.42 Å². The van der Waals surface area contributed by atoms with Crippen molar-refractivity contribution in [3.05, 3.63) is 47.5 Å². The molecule has 3 N–H and O–H groups in total. The summed E-state index contributed by atoms with van der Waals surface area (Å²) in [6.07, 6.45) is 2.25. The van der Waals surface area contributed by atoms with E-state index in [0.717, 1.165) is 12.2 Å². The summed E-state index contributed by atoms with van der Waals surface area (Å²) in [7, 11) is 0. The van der Waals surface area contributed by atoms with Crippen LogP contribution >= 0.6 is 0 Å². The monoisotopic (exact) mass is 202 g/mol. The van der Waals surface area contributed by atoms with Gasteiger partial charge in [0.25, 0.3) is 0 Å². The molecule has 2 aromatic rings. The summed E-state index contributed by atoms with van der Waals surface area (Å²) >= 11 is 0. The van der Waals surface area contributed by atoms with Crippen molar-refractivity contribution in [1.82, 2.24) is 15.2 Å². The highest BCUT2D eigenvalue weighted by Gasteiger charge is 2.09. The lowest BCUT2D eigenvalue weighted by molar-refractivity contribution is 0.671. The Bertz CT molecular complexity index is 405. The van der Waals surface area contributed by atoms with E-state index in [9.17, 15) is 0 Å². The number of rotatable bonds is 3. The Morgan fingerprint density at radius 3 is 2.67 bits per heavy atom. The Balaban J connectivity index is 2.06. The molecule has 78 valence electrons. The quantitative estimate of drug-likeness (QED) is 0.789. The van der Waals surface area contributed by atoms with Crippen LogP contribution in [0.4, 0.5) is 0 Å². The number of hydrogen-bond donors (Lipinski definition) is 2. The molecule has 0 radical (unpaired) electrons. The van der Waals surface area contributed by atoms with Crippen LogP contribution in [0.3, 0.4) is 0 Å². The summed E-state index contributed by atoms with van der Waals surface area (Å²) in [5.41, 5.74) is 8.44. The average molecular weight is 202 g/mol. The average Bonchev–Trinajstić information content (AvgIpc) is 2.74. The first-order valence-electron chi connectivity index (χ1n) is 4.92. The van der Waals surface area contributed by atoms with Crippen molar-refractivity contribution >= 4 is 0 Å². The normalized spacial score (nSPS) is 12.7. The van der Waals surface area contributed by atoms with E-state index in [0.29, 0.717) is 0 Å². The number of aromatic nitrogens is 3. The van der Waals surface area contributed by atoms with E-state index in [1.54, 1.807) is 0 Å². The molecule has 0 fully saturated rings. The molecule has 0 aliphatic rings. The Hall–Kier alpha value is -1.68. The van der Waals surface area contributed by atoms with Crippen LogP contribution < -0.4 is 5.73 Å². The van der Waals surface area contributed by atoms with Crippen molar-refractivity contribution in [2.75, 3.05) is 0 Å². The van der Waals surface area contributed by atoms with Gasteiger partial charge >= 0.3 is 0 Å². The lowest BCUT2D eigenvalue weighted by atomic mass is 10.0. The molecule has 4 heteroatoms. The fraction of sp³-hybridized carbons (Fsp3) is 0.273. The van der Waals surface area contributed by atoms with E-state index >= 15 is 0 Å². The SMILES string of the molecule is Cc1ccc(CC(N)c2ncn[nH]2)cc1. The first-order chi connectivity index (χ1) is 7.25. The summed E-state index contributed by atoms with van der Waals surface area (Å²) in [5, 5.41) is 6.57. The zero-order valence-corrected chi connectivity index (χ0v) is 8.64. The molecule has 0 aliphatic heterocycles. The van der Waals surface area contributed by atoms with Crippen LogP contribution in [0, 0.1) is 6.92 Å². The highest BCUT2D eigenvalue weighted by Crippen LogP contribution is 2.12. The highest BCUT2D eigenvalue weighted by atomic mass is 15.2. The number of nitrogens with one attached hydrogen (secondary N) is 1. The third-order valence-corrected chi connectivity index (χ3v) is 2.36. The number of nitrogens with two attached hydrogens (primary N) is 1. The van der Waals surface area contributed by atoms with E-state index in [1.165, 1.54) is 17.5 Å². The maximum Gasteiger partial charge on any atom is 0.141 e. The van der Waals surface area contributed by atoms with Crippen LogP contribution in [0.5, 0.6) is 0 Å². The van der Waals surface area contributed by atoms with Gasteiger partial charge in [0.05, 0.1) is 6.04 Å². The van der Waals surface area contributed by atoms with Crippen molar-refractivity contribution in [3.8, 4) is 0 Å². The summed E-state index contributed by atoms with van der Waals surface area (Å²) in [5.74, 6) is 0.732. The lowest BCUT2D eigenvalue weighted by Crippen LogP contribution is -2.15. The van der Waals surface area contributed by atoms with Gasteiger partial charge in [0.1, 0.15) is 12.2 Å². The fourth-order valence-electron chi connectivity index (χ4n) is 1.47. The van der Waals surface area contributed by atoms with Crippen molar-refractivity contribution in [2.24, 2.45) is 5.73 Å². The van der Waals surface area contributed by atoms with E-state index in [1.807, 2.05) is 0 Å². The molecule has 1 aromatic heterocycles. The largest absolute Gasteiger partial charge is 0.321 e. The molecular formula is C11H14N4. The Morgan fingerprint density at radius 2 is 2.07 bits per heavy atom. The number of H-pyrrole nitrogens is 1. The summed E-state index contributed by atoms with van der Waals surface area (Å²) in [6.45, 7) is 2.07. The number of hydrogen-bond acceptors (Lipinski definition) is 3. The molecule has 1 unspecified atom stereocenters. The van der Waals surface area contributed by atoms with E-state index in [4.69, 9.17) is 5.73 Å². The summed E-state index contributed by atoms with van der Waals surface area (Å²) in [4.78, 5) is 4.04. The zero-order valence-electron chi connectivity index (χ0n) is 8.64. The van der Waals surface area contributed by atoms with Gasteiger partial charge in [0.15, 0.2) is 0 Å². The Morgan fingerprint density at radius 1 is 1.33 bits per heavy atom. The van der Waals surface area contributed by atoms with Gasteiger partial charge in [-0.2, -0.15) is 5.10 Å². The second kappa shape index (κ2) is 4.23. The van der Waals surface area contributed by atoms with Crippen molar-refractivity contribution in [3.63, 3.8) is 0 Å². The van der Waals surface area contributed by atoms with Gasteiger partial charge in [-0.05, 0) is 18.9 Å². The minimum atomic E-state index is -0.116. The van der Waals surface area contributed by atoms with E-state index in [2.05, 4.69) is 46.4 Å². The number of aromatic amines is 1. The maximum atomic E-state index is 5.98. The maximum absolute atomic E-state index is 5.98. The van der Waals surface area contributed by atoms with Gasteiger partial charge in [-0.1, -0.05) is 29.8 Å². The minimum absolute atomic E-state index is 0.116. The van der Waals surface area contributed by atoms with Crippen LogP contribution in [0.15, 0.2) is 30.6 Å². The topological polar surface area (TPSA) is 67.6 Å². The summed E-state index contributed by atoms with van der Waals surface area (Å²) < 4.78 is 0. The molecule has 0 aliphatic carbocycles. The second-order valence-electron chi connectivity index (χ2n) is 3.67. The molecule has 1 atom stereocenters. The van der Waals surface area contributed by atoms with Crippen LogP contribution in [0.25, 0.3) is 0 Å². The first-order valence-corrected chi connectivity index (χ1v) is 4.92. The zero-order chi connectivity index (χ0) is 10.7. The van der Waals surface area contributed by atoms with Gasteiger partial charge in [0.2, 0.25) is 0 Å². The predicted molar refractivity (Wildman–Crippen MR) is 58.2 cm³/mol. The van der Waals surface area contributed by atoms with Gasteiger partial charge in [0, 0.05) is 0 Å². The molecule has 2 rings (SSSR count). The third kappa shape index (κ3) is 2.41. The molecule has 0 saturated carbocycles. The highest BCUT2D eigenvalue weighted by molar-refractivity contribution is 5.22. The molecule has 4 nitrogen and oxygen atoms in total. The van der Waals surface area contributed by atoms with Crippen LogP contribution in [0.1, 0.15) is 23.0 Å². The van der Waals surface area contributed by atoms with E-state index < -0.39 is 0 Å². The lowest BCUT2D eigenvalue weighted by Gasteiger charge is -2.08. The molecular weight excluding hydrogens is 188 g/mol. The molecule has 1 aromatic carbocycles. The number of aryl methyl sites for hydroxylation is 1. The molecule has 0 bridgehead atoms. The Labute approximate surface area is 88.5 Å². The predicted octanol–water partition coefficient (Wildman–Crippen LogP) is 1.36. The van der Waals surface area contributed by atoms with Gasteiger partial charge in [-0.25, -0.2) is 4.98 Å². The van der Waals surface area contributed by atoms with Gasteiger partial charge < -0.3 is 5.73 Å². The third-order valence-electron chi connectivity index (χ3n) is 2.36. The number of benzene rings is 1. The molecule has 1 heterocycles. The fourth-order valence-corrected chi connectivity index (χ4v) is 1.47. The molecule has 0 spiro atoms. The summed E-state index contributed by atoms with van der Waals surface area (Å²) in [6, 6.07) is 8.23. The number of nitrogens with zero attached hydrogens (tertiary/aromatic N) is 2. The Kier molecular flexibility index (Phi) is 2.78. The standard InChI is InChI=1S/C11H14N4/c1-8-2-4-9(5-3-8)6-10(12)11-13-7-14-15-11/h2-5,7,10H,6,12H2,1H3,(H,13,14,15). The van der Waals surface area contributed by atoms with Gasteiger partial charge in [-0.3, -0.25) is 5.10 Å². The van der Waals surface area contributed by atoms with E-state index in [-0.39, 0.29) is 6.04 Å². The smallest absolute Gasteiger partial charge is 0.141 e. The minimum Gasteiger partial charge on any atom is -0.321 e. The molecule has 15 heavy (non-hydrogen) atoms. The second-order valence-corrected chi connectivity index (χ2v) is 3.67.